The lowest BCUT2D eigenvalue weighted by Gasteiger charge is -2.26. The summed E-state index contributed by atoms with van der Waals surface area (Å²) < 4.78 is 2.03. The third kappa shape index (κ3) is 3.81. The van der Waals surface area contributed by atoms with E-state index in [-0.39, 0.29) is 17.2 Å². The van der Waals surface area contributed by atoms with Gasteiger partial charge in [-0.15, -0.1) is 0 Å². The molecule has 1 amide bonds. The molecule has 0 radical (unpaired) electrons. The van der Waals surface area contributed by atoms with Crippen LogP contribution in [0.4, 0.5) is 5.82 Å². The van der Waals surface area contributed by atoms with Crippen LogP contribution in [-0.4, -0.2) is 25.7 Å². The summed E-state index contributed by atoms with van der Waals surface area (Å²) in [5.41, 5.74) is -0.0457. The van der Waals surface area contributed by atoms with E-state index >= 15 is 0 Å². The molecule has 6 nitrogen and oxygen atoms in total. The van der Waals surface area contributed by atoms with E-state index in [1.165, 1.54) is 12.8 Å². The standard InChI is InChI=1S/C23H26ClN5O/c1-15-26-21(16-7-8-16)28-29(15)12-11-23(17-5-3-2-4-6-17)13-19(23)22(30)27-20-10-9-18(24)14-25-20/h2-5,9-10,14,16-17,19H,6-8,11-13H2,1H3,(H,25,27,30)/t17?,19-,23-/m0/s1. The zero-order chi connectivity index (χ0) is 20.7. The summed E-state index contributed by atoms with van der Waals surface area (Å²) in [6.07, 6.45) is 15.4. The normalized spacial score (nSPS) is 27.3. The van der Waals surface area contributed by atoms with Crippen LogP contribution in [0.15, 0.2) is 42.6 Å². The minimum absolute atomic E-state index is 0.0251. The number of allylic oxidation sites excluding steroid dienone is 4. The van der Waals surface area contributed by atoms with E-state index in [2.05, 4.69) is 39.6 Å². The zero-order valence-corrected chi connectivity index (χ0v) is 17.8. The third-order valence-corrected chi connectivity index (χ3v) is 6.96. The highest BCUT2D eigenvalue weighted by atomic mass is 35.5. The minimum atomic E-state index is -0.0457. The number of rotatable bonds is 7. The number of carbonyl (C=O) groups excluding carboxylic acids is 1. The second-order valence-electron chi connectivity index (χ2n) is 8.76. The maximum absolute atomic E-state index is 13.0. The lowest BCUT2D eigenvalue weighted by atomic mass is 9.79. The summed E-state index contributed by atoms with van der Waals surface area (Å²) in [7, 11) is 0. The van der Waals surface area contributed by atoms with Gasteiger partial charge in [-0.2, -0.15) is 5.10 Å². The van der Waals surface area contributed by atoms with Crippen LogP contribution in [-0.2, 0) is 11.3 Å². The van der Waals surface area contributed by atoms with Crippen LogP contribution in [0.1, 0.15) is 49.7 Å². The Labute approximate surface area is 181 Å². The summed E-state index contributed by atoms with van der Waals surface area (Å²) in [6.45, 7) is 2.82. The van der Waals surface area contributed by atoms with Crippen LogP contribution in [0.5, 0.6) is 0 Å². The molecule has 1 N–H and O–H groups in total. The van der Waals surface area contributed by atoms with Crippen molar-refractivity contribution >= 4 is 23.3 Å². The molecule has 156 valence electrons. The summed E-state index contributed by atoms with van der Waals surface area (Å²) in [6, 6.07) is 3.48. The largest absolute Gasteiger partial charge is 0.310 e. The van der Waals surface area contributed by atoms with Gasteiger partial charge < -0.3 is 5.32 Å². The maximum Gasteiger partial charge on any atom is 0.229 e. The number of carbonyl (C=O) groups is 1. The van der Waals surface area contributed by atoms with Crippen molar-refractivity contribution in [3.8, 4) is 0 Å². The molecular weight excluding hydrogens is 398 g/mol. The first-order valence-corrected chi connectivity index (χ1v) is 11.1. The van der Waals surface area contributed by atoms with Crippen LogP contribution in [0.3, 0.4) is 0 Å². The van der Waals surface area contributed by atoms with E-state index in [1.54, 1.807) is 18.3 Å². The molecule has 2 heterocycles. The van der Waals surface area contributed by atoms with Crippen molar-refractivity contribution in [3.05, 3.63) is 59.3 Å². The molecule has 30 heavy (non-hydrogen) atoms. The van der Waals surface area contributed by atoms with Crippen LogP contribution in [0, 0.1) is 24.2 Å². The van der Waals surface area contributed by atoms with Gasteiger partial charge in [0.1, 0.15) is 11.6 Å². The molecule has 7 heteroatoms. The SMILES string of the molecule is Cc1nc(C2CC2)nn1CC[C@@]1(C2C=CC=CC2)C[C@H]1C(=O)Nc1ccc(Cl)cn1. The number of aromatic nitrogens is 4. The molecule has 3 atom stereocenters. The summed E-state index contributed by atoms with van der Waals surface area (Å²) in [5, 5.41) is 8.28. The first kappa shape index (κ1) is 19.5. The monoisotopic (exact) mass is 423 g/mol. The first-order chi connectivity index (χ1) is 14.5. The van der Waals surface area contributed by atoms with Crippen LogP contribution in [0.25, 0.3) is 0 Å². The topological polar surface area (TPSA) is 72.7 Å². The highest BCUT2D eigenvalue weighted by molar-refractivity contribution is 6.30. The molecule has 0 saturated heterocycles. The highest BCUT2D eigenvalue weighted by Gasteiger charge is 2.60. The summed E-state index contributed by atoms with van der Waals surface area (Å²) >= 11 is 5.90. The van der Waals surface area contributed by atoms with Gasteiger partial charge >= 0.3 is 0 Å². The van der Waals surface area contributed by atoms with Gasteiger partial charge in [0.2, 0.25) is 5.91 Å². The summed E-state index contributed by atoms with van der Waals surface area (Å²) in [4.78, 5) is 21.9. The fraction of sp³-hybridized carbons (Fsp3) is 0.478. The number of nitrogens with zero attached hydrogens (tertiary/aromatic N) is 4. The van der Waals surface area contributed by atoms with Crippen LogP contribution < -0.4 is 5.32 Å². The predicted octanol–water partition coefficient (Wildman–Crippen LogP) is 4.68. The number of anilines is 1. The van der Waals surface area contributed by atoms with E-state index in [0.717, 1.165) is 37.5 Å². The molecule has 0 spiro atoms. The fourth-order valence-corrected chi connectivity index (χ4v) is 4.81. The van der Waals surface area contributed by atoms with Gasteiger partial charge in [0.05, 0.1) is 5.02 Å². The zero-order valence-electron chi connectivity index (χ0n) is 17.1. The quantitative estimate of drug-likeness (QED) is 0.701. The Morgan fingerprint density at radius 1 is 1.33 bits per heavy atom. The van der Waals surface area contributed by atoms with Gasteiger partial charge in [-0.3, -0.25) is 9.48 Å². The van der Waals surface area contributed by atoms with E-state index in [0.29, 0.717) is 22.7 Å². The lowest BCUT2D eigenvalue weighted by Crippen LogP contribution is -2.26. The Balaban J connectivity index is 1.31. The third-order valence-electron chi connectivity index (χ3n) is 6.74. The molecule has 2 aromatic rings. The smallest absolute Gasteiger partial charge is 0.229 e. The molecule has 5 rings (SSSR count). The van der Waals surface area contributed by atoms with Gasteiger partial charge in [-0.05, 0) is 62.5 Å². The minimum Gasteiger partial charge on any atom is -0.310 e. The molecule has 0 aromatic carbocycles. The molecule has 2 fully saturated rings. The molecule has 0 aliphatic heterocycles. The molecule has 3 aliphatic carbocycles. The second kappa shape index (κ2) is 7.65. The molecule has 2 aromatic heterocycles. The Morgan fingerprint density at radius 2 is 2.20 bits per heavy atom. The Hall–Kier alpha value is -2.47. The number of aryl methyl sites for hydroxylation is 2. The van der Waals surface area contributed by atoms with Crippen molar-refractivity contribution in [2.45, 2.75) is 51.5 Å². The molecule has 1 unspecified atom stereocenters. The van der Waals surface area contributed by atoms with E-state index < -0.39 is 0 Å². The molecule has 0 bridgehead atoms. The Bertz CT molecular complexity index is 1010. The van der Waals surface area contributed by atoms with Gasteiger partial charge in [0, 0.05) is 24.6 Å². The molecule has 3 aliphatic rings. The van der Waals surface area contributed by atoms with E-state index in [4.69, 9.17) is 16.7 Å². The number of amides is 1. The van der Waals surface area contributed by atoms with Crippen molar-refractivity contribution in [2.24, 2.45) is 17.3 Å². The van der Waals surface area contributed by atoms with Gasteiger partial charge in [-0.1, -0.05) is 35.9 Å². The van der Waals surface area contributed by atoms with Gasteiger partial charge in [-0.25, -0.2) is 9.97 Å². The first-order valence-electron chi connectivity index (χ1n) is 10.7. The number of halogens is 1. The molecule has 2 saturated carbocycles. The average molecular weight is 424 g/mol. The highest BCUT2D eigenvalue weighted by Crippen LogP contribution is 2.62. The summed E-state index contributed by atoms with van der Waals surface area (Å²) in [5.74, 6) is 3.44. The van der Waals surface area contributed by atoms with Crippen LogP contribution >= 0.6 is 11.6 Å². The van der Waals surface area contributed by atoms with Crippen molar-refractivity contribution in [1.29, 1.82) is 0 Å². The second-order valence-corrected chi connectivity index (χ2v) is 9.20. The van der Waals surface area contributed by atoms with E-state index in [1.807, 2.05) is 11.6 Å². The maximum atomic E-state index is 13.0. The average Bonchev–Trinajstić information content (AvgIpc) is 3.67. The fourth-order valence-electron chi connectivity index (χ4n) is 4.70. The number of hydrogen-bond donors (Lipinski definition) is 1. The molecular formula is C23H26ClN5O. The van der Waals surface area contributed by atoms with Crippen molar-refractivity contribution in [1.82, 2.24) is 19.7 Å². The number of hydrogen-bond acceptors (Lipinski definition) is 4. The van der Waals surface area contributed by atoms with Gasteiger partial charge in [0.15, 0.2) is 5.82 Å². The Kier molecular flexibility index (Phi) is 4.97. The van der Waals surface area contributed by atoms with Crippen molar-refractivity contribution in [2.75, 3.05) is 5.32 Å². The Morgan fingerprint density at radius 3 is 2.90 bits per heavy atom. The lowest BCUT2D eigenvalue weighted by molar-refractivity contribution is -0.118. The van der Waals surface area contributed by atoms with Crippen molar-refractivity contribution < 1.29 is 4.79 Å². The predicted molar refractivity (Wildman–Crippen MR) is 116 cm³/mol. The van der Waals surface area contributed by atoms with Crippen LogP contribution in [0.2, 0.25) is 5.02 Å². The number of pyridine rings is 1. The number of nitrogens with one attached hydrogen (secondary N) is 1. The van der Waals surface area contributed by atoms with Crippen molar-refractivity contribution in [3.63, 3.8) is 0 Å². The van der Waals surface area contributed by atoms with E-state index in [9.17, 15) is 4.79 Å². The van der Waals surface area contributed by atoms with Gasteiger partial charge in [0.25, 0.3) is 0 Å².